The van der Waals surface area contributed by atoms with Crippen LogP contribution in [-0.4, -0.2) is 49.7 Å². The lowest BCUT2D eigenvalue weighted by atomic mass is 10.1. The van der Waals surface area contributed by atoms with E-state index in [1.165, 1.54) is 0 Å². The van der Waals surface area contributed by atoms with Crippen molar-refractivity contribution in [2.45, 2.75) is 52.5 Å². The van der Waals surface area contributed by atoms with Gasteiger partial charge in [0.15, 0.2) is 11.5 Å². The highest BCUT2D eigenvalue weighted by molar-refractivity contribution is 5.95. The quantitative estimate of drug-likeness (QED) is 0.664. The fourth-order valence-corrected chi connectivity index (χ4v) is 3.06. The van der Waals surface area contributed by atoms with Crippen LogP contribution in [0.25, 0.3) is 0 Å². The van der Waals surface area contributed by atoms with Crippen molar-refractivity contribution in [1.82, 2.24) is 10.2 Å². The number of nitrogens with zero attached hydrogens (tertiary/aromatic N) is 1. The first-order valence-electron chi connectivity index (χ1n) is 9.62. The van der Waals surface area contributed by atoms with Crippen LogP contribution < -0.4 is 14.8 Å². The van der Waals surface area contributed by atoms with Gasteiger partial charge in [0.1, 0.15) is 0 Å². The number of ether oxygens (including phenoxy) is 2. The van der Waals surface area contributed by atoms with E-state index in [1.54, 1.807) is 0 Å². The number of nitrogens with one attached hydrogen (secondary N) is 1. The Bertz CT molecular complexity index is 548. The molecule has 2 rings (SSSR count). The average molecular weight is 385 g/mol. The van der Waals surface area contributed by atoms with Gasteiger partial charge in [0.2, 0.25) is 0 Å². The Labute approximate surface area is 163 Å². The van der Waals surface area contributed by atoms with Gasteiger partial charge < -0.3 is 19.7 Å². The molecule has 1 unspecified atom stereocenters. The van der Waals surface area contributed by atoms with Crippen LogP contribution in [0.15, 0.2) is 18.2 Å². The summed E-state index contributed by atoms with van der Waals surface area (Å²) < 4.78 is 11.6. The number of hydrogen-bond acceptors (Lipinski definition) is 4. The van der Waals surface area contributed by atoms with Crippen molar-refractivity contribution in [2.75, 3.05) is 32.8 Å². The number of hydrogen-bond donors (Lipinski definition) is 1. The van der Waals surface area contributed by atoms with Gasteiger partial charge in [0, 0.05) is 24.7 Å². The number of rotatable bonds is 10. The van der Waals surface area contributed by atoms with Gasteiger partial charge in [-0.05, 0) is 50.4 Å². The first-order chi connectivity index (χ1) is 12.2. The molecular weight excluding hydrogens is 352 g/mol. The van der Waals surface area contributed by atoms with Crippen LogP contribution in [0.3, 0.4) is 0 Å². The van der Waals surface area contributed by atoms with Crippen LogP contribution >= 0.6 is 12.4 Å². The van der Waals surface area contributed by atoms with Crippen molar-refractivity contribution >= 4 is 18.3 Å². The largest absolute Gasteiger partial charge is 0.490 e. The average Bonchev–Trinajstić information content (AvgIpc) is 3.16. The molecule has 0 bridgehead atoms. The standard InChI is InChI=1S/C20H32N2O3.ClH/c1-4-11-22(17-9-10-21-15-17)20(23)16-7-8-18(24-12-5-2)19(14-16)25-13-6-3;/h7-8,14,17,21H,4-6,9-13,15H2,1-3H3;1H. The summed E-state index contributed by atoms with van der Waals surface area (Å²) in [6, 6.07) is 5.85. The molecule has 0 aromatic heterocycles. The highest BCUT2D eigenvalue weighted by Gasteiger charge is 2.27. The molecule has 1 amide bonds. The van der Waals surface area contributed by atoms with E-state index in [-0.39, 0.29) is 24.4 Å². The number of carbonyl (C=O) groups excluding carboxylic acids is 1. The number of benzene rings is 1. The summed E-state index contributed by atoms with van der Waals surface area (Å²) in [5, 5.41) is 3.35. The molecule has 1 aliphatic heterocycles. The van der Waals surface area contributed by atoms with Gasteiger partial charge in [-0.15, -0.1) is 12.4 Å². The molecule has 1 aliphatic rings. The summed E-state index contributed by atoms with van der Waals surface area (Å²) >= 11 is 0. The van der Waals surface area contributed by atoms with Crippen molar-refractivity contribution < 1.29 is 14.3 Å². The molecule has 1 aromatic rings. The molecule has 1 atom stereocenters. The van der Waals surface area contributed by atoms with Gasteiger partial charge in [-0.3, -0.25) is 4.79 Å². The van der Waals surface area contributed by atoms with Crippen LogP contribution in [0.2, 0.25) is 0 Å². The van der Waals surface area contributed by atoms with Gasteiger partial charge in [0.25, 0.3) is 5.91 Å². The van der Waals surface area contributed by atoms with E-state index in [0.29, 0.717) is 24.5 Å². The highest BCUT2D eigenvalue weighted by Crippen LogP contribution is 2.30. The summed E-state index contributed by atoms with van der Waals surface area (Å²) in [4.78, 5) is 15.1. The minimum Gasteiger partial charge on any atom is -0.490 e. The molecule has 0 saturated carbocycles. The van der Waals surface area contributed by atoms with Crippen LogP contribution in [0.1, 0.15) is 56.8 Å². The molecule has 1 N–H and O–H groups in total. The van der Waals surface area contributed by atoms with E-state index in [9.17, 15) is 4.79 Å². The minimum atomic E-state index is 0. The van der Waals surface area contributed by atoms with Crippen molar-refractivity contribution in [3.05, 3.63) is 23.8 Å². The summed E-state index contributed by atoms with van der Waals surface area (Å²) in [6.45, 7) is 10.2. The summed E-state index contributed by atoms with van der Waals surface area (Å²) in [7, 11) is 0. The molecule has 1 saturated heterocycles. The van der Waals surface area contributed by atoms with E-state index in [2.05, 4.69) is 26.1 Å². The fraction of sp³-hybridized carbons (Fsp3) is 0.650. The maximum absolute atomic E-state index is 13.1. The Hall–Kier alpha value is -1.46. The lowest BCUT2D eigenvalue weighted by Gasteiger charge is -2.28. The van der Waals surface area contributed by atoms with Crippen LogP contribution in [0.5, 0.6) is 11.5 Å². The van der Waals surface area contributed by atoms with Crippen molar-refractivity contribution in [2.24, 2.45) is 0 Å². The summed E-state index contributed by atoms with van der Waals surface area (Å²) in [5.41, 5.74) is 0.676. The summed E-state index contributed by atoms with van der Waals surface area (Å²) in [6.07, 6.45) is 3.83. The normalized spacial score (nSPS) is 16.0. The highest BCUT2D eigenvalue weighted by atomic mass is 35.5. The zero-order chi connectivity index (χ0) is 18.1. The van der Waals surface area contributed by atoms with Gasteiger partial charge in [0.05, 0.1) is 13.2 Å². The zero-order valence-corrected chi connectivity index (χ0v) is 17.1. The van der Waals surface area contributed by atoms with Gasteiger partial charge in [-0.2, -0.15) is 0 Å². The van der Waals surface area contributed by atoms with Crippen molar-refractivity contribution in [1.29, 1.82) is 0 Å². The Morgan fingerprint density at radius 3 is 2.38 bits per heavy atom. The Morgan fingerprint density at radius 2 is 1.81 bits per heavy atom. The first kappa shape index (κ1) is 22.6. The third-order valence-corrected chi connectivity index (χ3v) is 4.31. The molecule has 26 heavy (non-hydrogen) atoms. The fourth-order valence-electron chi connectivity index (χ4n) is 3.06. The van der Waals surface area contributed by atoms with Crippen molar-refractivity contribution in [3.8, 4) is 11.5 Å². The third-order valence-electron chi connectivity index (χ3n) is 4.31. The SMILES string of the molecule is CCCOc1ccc(C(=O)N(CCC)C2CCNC2)cc1OCCC.Cl. The number of amides is 1. The Kier molecular flexibility index (Phi) is 10.4. The van der Waals surface area contributed by atoms with Crippen LogP contribution in [-0.2, 0) is 0 Å². The predicted octanol–water partition coefficient (Wildman–Crippen LogP) is 3.90. The predicted molar refractivity (Wildman–Crippen MR) is 108 cm³/mol. The molecule has 0 aliphatic carbocycles. The lowest BCUT2D eigenvalue weighted by Crippen LogP contribution is -2.42. The molecular formula is C20H33ClN2O3. The van der Waals surface area contributed by atoms with Gasteiger partial charge in [-0.25, -0.2) is 0 Å². The molecule has 1 aromatic carbocycles. The minimum absolute atomic E-state index is 0. The summed E-state index contributed by atoms with van der Waals surface area (Å²) in [5.74, 6) is 1.47. The monoisotopic (exact) mass is 384 g/mol. The van der Waals surface area contributed by atoms with E-state index in [4.69, 9.17) is 9.47 Å². The maximum atomic E-state index is 13.1. The van der Waals surface area contributed by atoms with E-state index in [1.807, 2.05) is 23.1 Å². The van der Waals surface area contributed by atoms with E-state index >= 15 is 0 Å². The molecule has 6 heteroatoms. The van der Waals surface area contributed by atoms with E-state index in [0.717, 1.165) is 51.1 Å². The third kappa shape index (κ3) is 6.06. The Morgan fingerprint density at radius 1 is 1.12 bits per heavy atom. The number of halogens is 1. The second kappa shape index (κ2) is 12.0. The van der Waals surface area contributed by atoms with Crippen LogP contribution in [0.4, 0.5) is 0 Å². The van der Waals surface area contributed by atoms with E-state index < -0.39 is 0 Å². The second-order valence-electron chi connectivity index (χ2n) is 6.50. The topological polar surface area (TPSA) is 50.8 Å². The molecule has 1 fully saturated rings. The molecule has 148 valence electrons. The number of carbonyl (C=O) groups is 1. The second-order valence-corrected chi connectivity index (χ2v) is 6.50. The molecule has 5 nitrogen and oxygen atoms in total. The van der Waals surface area contributed by atoms with Crippen LogP contribution in [0, 0.1) is 0 Å². The zero-order valence-electron chi connectivity index (χ0n) is 16.3. The first-order valence-corrected chi connectivity index (χ1v) is 9.62. The van der Waals surface area contributed by atoms with Gasteiger partial charge >= 0.3 is 0 Å². The van der Waals surface area contributed by atoms with Gasteiger partial charge in [-0.1, -0.05) is 20.8 Å². The molecule has 0 radical (unpaired) electrons. The smallest absolute Gasteiger partial charge is 0.254 e. The van der Waals surface area contributed by atoms with Crippen molar-refractivity contribution in [3.63, 3.8) is 0 Å². The maximum Gasteiger partial charge on any atom is 0.254 e. The molecule has 1 heterocycles. The molecule has 0 spiro atoms. The Balaban J connectivity index is 0.00000338. The lowest BCUT2D eigenvalue weighted by molar-refractivity contribution is 0.0691.